The van der Waals surface area contributed by atoms with Crippen LogP contribution in [-0.2, 0) is 15.6 Å². The number of carbonyl (C=O) groups is 1. The monoisotopic (exact) mass is 427 g/mol. The molecule has 27 heavy (non-hydrogen) atoms. The minimum Gasteiger partial charge on any atom is -0.518 e. The van der Waals surface area contributed by atoms with Gasteiger partial charge in [0, 0.05) is 5.02 Å². The fourth-order valence-corrected chi connectivity index (χ4v) is 4.78. The van der Waals surface area contributed by atoms with Gasteiger partial charge in [-0.1, -0.05) is 78.4 Å². The molecule has 0 saturated carbocycles. The van der Waals surface area contributed by atoms with Crippen LogP contribution in [0.5, 0.6) is 0 Å². The predicted octanol–water partition coefficient (Wildman–Crippen LogP) is 6.39. The summed E-state index contributed by atoms with van der Waals surface area (Å²) in [5.41, 5.74) is 1.09. The topological polar surface area (TPSA) is 38.3 Å². The van der Waals surface area contributed by atoms with Crippen LogP contribution in [0.25, 0.3) is 0 Å². The van der Waals surface area contributed by atoms with Gasteiger partial charge in [-0.25, -0.2) is 0 Å². The second kappa shape index (κ2) is 8.40. The van der Waals surface area contributed by atoms with Crippen LogP contribution in [0.15, 0.2) is 24.3 Å². The Morgan fingerprint density at radius 2 is 1.48 bits per heavy atom. The van der Waals surface area contributed by atoms with Gasteiger partial charge in [0.25, 0.3) is 8.32 Å². The first kappa shape index (κ1) is 24.4. The zero-order chi connectivity index (χ0) is 21.3. The van der Waals surface area contributed by atoms with Gasteiger partial charge >= 0.3 is 5.97 Å². The molecule has 0 amide bonds. The summed E-state index contributed by atoms with van der Waals surface area (Å²) in [6.07, 6.45) is 0.608. The molecule has 0 spiro atoms. The number of rotatable bonds is 6. The van der Waals surface area contributed by atoms with Crippen molar-refractivity contribution in [3.63, 3.8) is 0 Å². The Labute approximate surface area is 173 Å². The van der Waals surface area contributed by atoms with Crippen molar-refractivity contribution in [2.24, 2.45) is 0 Å². The average molecular weight is 428 g/mol. The molecule has 1 aromatic rings. The molecule has 0 aliphatic heterocycles. The summed E-state index contributed by atoms with van der Waals surface area (Å²) in [4.78, 5) is 17.0. The number of carbonyl (C=O) groups excluding carboxylic acids is 1. The van der Waals surface area contributed by atoms with Crippen LogP contribution < -0.4 is 4.98 Å². The van der Waals surface area contributed by atoms with E-state index in [0.717, 1.165) is 5.56 Å². The van der Waals surface area contributed by atoms with Crippen molar-refractivity contribution in [3.8, 4) is 0 Å². The van der Waals surface area contributed by atoms with Gasteiger partial charge in [0.15, 0.2) is 0 Å². The molecule has 1 atom stereocenters. The summed E-state index contributed by atoms with van der Waals surface area (Å²) in [6.45, 7) is 22.0. The van der Waals surface area contributed by atoms with Crippen LogP contribution in [-0.4, -0.2) is 28.6 Å². The summed E-state index contributed by atoms with van der Waals surface area (Å²) in [6, 6.07) is 7.38. The van der Waals surface area contributed by atoms with E-state index < -0.39 is 16.6 Å². The molecule has 1 N–H and O–H groups in total. The van der Waals surface area contributed by atoms with Gasteiger partial charge < -0.3 is 9.41 Å². The zero-order valence-corrected chi connectivity index (χ0v) is 21.5. The first-order chi connectivity index (χ1) is 12.0. The second-order valence-corrected chi connectivity index (χ2v) is 20.8. The molecule has 0 aliphatic rings. The van der Waals surface area contributed by atoms with E-state index in [1.165, 1.54) is 0 Å². The van der Waals surface area contributed by atoms with Gasteiger partial charge in [0.2, 0.25) is 0 Å². The molecular formula is C21H38ClNO2Si2. The smallest absolute Gasteiger partial charge is 0.309 e. The van der Waals surface area contributed by atoms with E-state index in [4.69, 9.17) is 16.0 Å². The highest BCUT2D eigenvalue weighted by molar-refractivity contribution is 6.78. The predicted molar refractivity (Wildman–Crippen MR) is 123 cm³/mol. The highest BCUT2D eigenvalue weighted by atomic mass is 35.5. The fourth-order valence-electron chi connectivity index (χ4n) is 2.18. The Morgan fingerprint density at radius 3 is 1.89 bits per heavy atom. The van der Waals surface area contributed by atoms with Crippen molar-refractivity contribution in [1.29, 1.82) is 0 Å². The lowest BCUT2D eigenvalue weighted by molar-refractivity contribution is -0.137. The van der Waals surface area contributed by atoms with E-state index in [2.05, 4.69) is 72.7 Å². The maximum Gasteiger partial charge on any atom is 0.309 e. The van der Waals surface area contributed by atoms with Crippen LogP contribution in [0.3, 0.4) is 0 Å². The summed E-state index contributed by atoms with van der Waals surface area (Å²) in [7, 11) is -4.05. The van der Waals surface area contributed by atoms with E-state index in [9.17, 15) is 4.79 Å². The van der Waals surface area contributed by atoms with Crippen molar-refractivity contribution >= 4 is 34.1 Å². The molecule has 0 heterocycles. The lowest BCUT2D eigenvalue weighted by Gasteiger charge is -2.41. The molecule has 154 valence electrons. The molecular weight excluding hydrogens is 390 g/mol. The third-order valence-corrected chi connectivity index (χ3v) is 15.6. The molecule has 0 aliphatic carbocycles. The van der Waals surface area contributed by atoms with E-state index in [1.807, 2.05) is 24.3 Å². The first-order valence-corrected chi connectivity index (χ1v) is 16.0. The maximum absolute atomic E-state index is 13.2. The summed E-state index contributed by atoms with van der Waals surface area (Å²) < 4.78 is 6.15. The van der Waals surface area contributed by atoms with Crippen molar-refractivity contribution < 1.29 is 9.22 Å². The molecule has 3 nitrogen and oxygen atoms in total. The molecule has 0 radical (unpaired) electrons. The third-order valence-electron chi connectivity index (χ3n) is 6.21. The average Bonchev–Trinajstić information content (AvgIpc) is 2.45. The van der Waals surface area contributed by atoms with Gasteiger partial charge in [-0.15, -0.1) is 0 Å². The van der Waals surface area contributed by atoms with E-state index >= 15 is 0 Å². The van der Waals surface area contributed by atoms with Crippen LogP contribution in [0.2, 0.25) is 41.3 Å². The number of benzene rings is 1. The number of halogens is 1. The van der Waals surface area contributed by atoms with Gasteiger partial charge in [-0.3, -0.25) is 4.79 Å². The van der Waals surface area contributed by atoms with Crippen molar-refractivity contribution in [3.05, 3.63) is 34.9 Å². The van der Waals surface area contributed by atoms with Gasteiger partial charge in [0.1, 0.15) is 14.3 Å². The Hall–Kier alpha value is -0.626. The van der Waals surface area contributed by atoms with Crippen LogP contribution in [0.4, 0.5) is 0 Å². The van der Waals surface area contributed by atoms with Gasteiger partial charge in [-0.05, 0) is 47.3 Å². The normalized spacial score (nSPS) is 14.8. The number of hydrogen-bond donors (Lipinski definition) is 1. The van der Waals surface area contributed by atoms with Crippen molar-refractivity contribution in [2.75, 3.05) is 0 Å². The largest absolute Gasteiger partial charge is 0.518 e. The number of hydrogen-bond acceptors (Lipinski definition) is 3. The molecule has 1 aromatic carbocycles. The zero-order valence-electron chi connectivity index (χ0n) is 18.8. The summed E-state index contributed by atoms with van der Waals surface area (Å²) >= 11 is 6.02. The van der Waals surface area contributed by atoms with E-state index in [1.54, 1.807) is 0 Å². The maximum atomic E-state index is 13.2. The highest BCUT2D eigenvalue weighted by Crippen LogP contribution is 2.38. The van der Waals surface area contributed by atoms with Crippen LogP contribution >= 0.6 is 11.6 Å². The van der Waals surface area contributed by atoms with Crippen LogP contribution in [0, 0.1) is 0 Å². The molecule has 1 rings (SSSR count). The second-order valence-electron chi connectivity index (χ2n) is 10.6. The van der Waals surface area contributed by atoms with Crippen molar-refractivity contribution in [2.45, 2.75) is 90.3 Å². The molecule has 0 bridgehead atoms. The van der Waals surface area contributed by atoms with E-state index in [-0.39, 0.29) is 22.1 Å². The Balaban J connectivity index is 3.13. The Bertz CT molecular complexity index is 644. The lowest BCUT2D eigenvalue weighted by atomic mass is 10.1. The van der Waals surface area contributed by atoms with Crippen LogP contribution in [0.1, 0.15) is 47.1 Å². The SMILES string of the molecule is CC(C)(C)[Si](C)(C)NC(Cc1ccc(Cl)cc1)C(=O)O[Si](C)(C)C(C)(C)C. The molecule has 6 heteroatoms. The summed E-state index contributed by atoms with van der Waals surface area (Å²) in [5, 5.41) is 0.823. The number of nitrogens with one attached hydrogen (secondary N) is 1. The van der Waals surface area contributed by atoms with Crippen molar-refractivity contribution in [1.82, 2.24) is 4.98 Å². The Kier molecular flexibility index (Phi) is 7.59. The minimum atomic E-state index is -2.17. The standard InChI is InChI=1S/C21H38ClNO2Si2/c1-20(2,3)26(7,8)23-18(15-16-11-13-17(22)14-12-16)19(24)25-27(9,10)21(4,5)6/h11-14,18,23H,15H2,1-10H3. The molecule has 0 fully saturated rings. The Morgan fingerprint density at radius 1 is 1.00 bits per heavy atom. The highest BCUT2D eigenvalue weighted by Gasteiger charge is 2.44. The molecule has 0 saturated heterocycles. The minimum absolute atomic E-state index is 0.00947. The summed E-state index contributed by atoms with van der Waals surface area (Å²) in [5.74, 6) is -0.124. The first-order valence-electron chi connectivity index (χ1n) is 9.71. The lowest BCUT2D eigenvalue weighted by Crippen LogP contribution is -2.60. The molecule has 1 unspecified atom stereocenters. The van der Waals surface area contributed by atoms with Gasteiger partial charge in [-0.2, -0.15) is 0 Å². The fraction of sp³-hybridized carbons (Fsp3) is 0.667. The van der Waals surface area contributed by atoms with E-state index in [0.29, 0.717) is 11.4 Å². The quantitative estimate of drug-likeness (QED) is 0.534. The van der Waals surface area contributed by atoms with Gasteiger partial charge in [0.05, 0.1) is 0 Å². The third kappa shape index (κ3) is 6.73. The molecule has 0 aromatic heterocycles.